The number of hydrogen-bond donors (Lipinski definition) is 2. The van der Waals surface area contributed by atoms with Crippen molar-refractivity contribution in [3.05, 3.63) is 65.2 Å². The zero-order chi connectivity index (χ0) is 15.4. The minimum absolute atomic E-state index is 0.0825. The van der Waals surface area contributed by atoms with Crippen LogP contribution in [0.1, 0.15) is 24.1 Å². The molecule has 0 aromatic heterocycles. The van der Waals surface area contributed by atoms with Crippen LogP contribution < -0.4 is 10.6 Å². The molecule has 1 atom stereocenters. The molecule has 0 aliphatic carbocycles. The Hall–Kier alpha value is -2.01. The van der Waals surface area contributed by atoms with E-state index in [-0.39, 0.29) is 17.7 Å². The Morgan fingerprint density at radius 3 is 2.38 bits per heavy atom. The number of rotatable bonds is 3. The van der Waals surface area contributed by atoms with Crippen molar-refractivity contribution in [1.29, 1.82) is 0 Å². The zero-order valence-electron chi connectivity index (χ0n) is 11.8. The van der Waals surface area contributed by atoms with E-state index in [2.05, 4.69) is 10.6 Å². The van der Waals surface area contributed by atoms with E-state index in [0.717, 1.165) is 5.56 Å². The van der Waals surface area contributed by atoms with E-state index >= 15 is 0 Å². The van der Waals surface area contributed by atoms with Crippen molar-refractivity contribution in [1.82, 2.24) is 5.32 Å². The first-order valence-corrected chi connectivity index (χ1v) is 6.95. The molecule has 2 aromatic rings. The van der Waals surface area contributed by atoms with E-state index in [1.807, 2.05) is 6.92 Å². The predicted octanol–water partition coefficient (Wildman–Crippen LogP) is 4.32. The highest BCUT2D eigenvalue weighted by molar-refractivity contribution is 7.80. The van der Waals surface area contributed by atoms with Gasteiger partial charge in [-0.3, -0.25) is 0 Å². The molecule has 21 heavy (non-hydrogen) atoms. The van der Waals surface area contributed by atoms with Gasteiger partial charge in [-0.1, -0.05) is 18.2 Å². The minimum Gasteiger partial charge on any atom is -0.356 e. The molecule has 0 saturated heterocycles. The van der Waals surface area contributed by atoms with Gasteiger partial charge in [0.05, 0.1) is 6.04 Å². The molecular weight excluding hydrogens is 290 g/mol. The van der Waals surface area contributed by atoms with Crippen LogP contribution in [0.4, 0.5) is 14.5 Å². The van der Waals surface area contributed by atoms with Gasteiger partial charge in [-0.15, -0.1) is 0 Å². The standard InChI is InChI=1S/C16H16F2N2S/c1-10-3-8-14(9-15(10)18)20-16(21)19-11(2)12-4-6-13(17)7-5-12/h3-9,11H,1-2H3,(H2,19,20,21)/t11-/m1/s1. The molecule has 2 rings (SSSR count). The van der Waals surface area contributed by atoms with Crippen LogP contribution in [0.2, 0.25) is 0 Å². The van der Waals surface area contributed by atoms with Crippen LogP contribution in [-0.2, 0) is 0 Å². The van der Waals surface area contributed by atoms with Crippen molar-refractivity contribution >= 4 is 23.0 Å². The van der Waals surface area contributed by atoms with Gasteiger partial charge in [0.15, 0.2) is 5.11 Å². The van der Waals surface area contributed by atoms with Gasteiger partial charge in [0.25, 0.3) is 0 Å². The monoisotopic (exact) mass is 306 g/mol. The number of benzene rings is 2. The number of hydrogen-bond acceptors (Lipinski definition) is 1. The summed E-state index contributed by atoms with van der Waals surface area (Å²) in [6.45, 7) is 3.61. The molecule has 0 heterocycles. The number of nitrogens with one attached hydrogen (secondary N) is 2. The fourth-order valence-corrected chi connectivity index (χ4v) is 2.16. The molecule has 110 valence electrons. The number of thiocarbonyl (C=S) groups is 1. The molecule has 5 heteroatoms. The van der Waals surface area contributed by atoms with Gasteiger partial charge in [0, 0.05) is 5.69 Å². The first-order valence-electron chi connectivity index (χ1n) is 6.55. The third-order valence-electron chi connectivity index (χ3n) is 3.15. The van der Waals surface area contributed by atoms with Crippen LogP contribution in [0, 0.1) is 18.6 Å². The maximum absolute atomic E-state index is 13.5. The fourth-order valence-electron chi connectivity index (χ4n) is 1.87. The lowest BCUT2D eigenvalue weighted by Gasteiger charge is -2.17. The molecule has 0 fully saturated rings. The molecule has 0 saturated carbocycles. The summed E-state index contributed by atoms with van der Waals surface area (Å²) >= 11 is 5.20. The topological polar surface area (TPSA) is 24.1 Å². The highest BCUT2D eigenvalue weighted by atomic mass is 32.1. The summed E-state index contributed by atoms with van der Waals surface area (Å²) in [5.41, 5.74) is 2.08. The van der Waals surface area contributed by atoms with Gasteiger partial charge in [-0.25, -0.2) is 8.78 Å². The first-order chi connectivity index (χ1) is 9.95. The second-order valence-electron chi connectivity index (χ2n) is 4.84. The van der Waals surface area contributed by atoms with Crippen LogP contribution in [0.5, 0.6) is 0 Å². The quantitative estimate of drug-likeness (QED) is 0.826. The van der Waals surface area contributed by atoms with E-state index in [9.17, 15) is 8.78 Å². The van der Waals surface area contributed by atoms with Crippen LogP contribution in [0.15, 0.2) is 42.5 Å². The number of anilines is 1. The molecular formula is C16H16F2N2S. The molecule has 2 N–H and O–H groups in total. The highest BCUT2D eigenvalue weighted by Crippen LogP contribution is 2.15. The summed E-state index contributed by atoms with van der Waals surface area (Å²) in [6.07, 6.45) is 0. The Morgan fingerprint density at radius 2 is 1.76 bits per heavy atom. The highest BCUT2D eigenvalue weighted by Gasteiger charge is 2.08. The Morgan fingerprint density at radius 1 is 1.10 bits per heavy atom. The average molecular weight is 306 g/mol. The molecule has 0 radical (unpaired) electrons. The molecule has 0 amide bonds. The Bertz CT molecular complexity index is 641. The van der Waals surface area contributed by atoms with Crippen LogP contribution >= 0.6 is 12.2 Å². The molecule has 0 aliphatic rings. The second-order valence-corrected chi connectivity index (χ2v) is 5.24. The minimum atomic E-state index is -0.283. The van der Waals surface area contributed by atoms with E-state index in [1.165, 1.54) is 18.2 Å². The van der Waals surface area contributed by atoms with Crippen molar-refractivity contribution in [3.8, 4) is 0 Å². The smallest absolute Gasteiger partial charge is 0.171 e. The van der Waals surface area contributed by atoms with Crippen molar-refractivity contribution in [2.24, 2.45) is 0 Å². The molecule has 0 unspecified atom stereocenters. The summed E-state index contributed by atoms with van der Waals surface area (Å²) in [7, 11) is 0. The van der Waals surface area contributed by atoms with Gasteiger partial charge in [-0.05, 0) is 61.5 Å². The van der Waals surface area contributed by atoms with Gasteiger partial charge < -0.3 is 10.6 Å². The molecule has 0 bridgehead atoms. The summed E-state index contributed by atoms with van der Waals surface area (Å²) < 4.78 is 26.3. The third kappa shape index (κ3) is 4.23. The Labute approximate surface area is 128 Å². The Balaban J connectivity index is 1.97. The summed E-state index contributed by atoms with van der Waals surface area (Å²) in [5, 5.41) is 6.39. The maximum Gasteiger partial charge on any atom is 0.171 e. The van der Waals surface area contributed by atoms with Gasteiger partial charge in [0.1, 0.15) is 11.6 Å². The van der Waals surface area contributed by atoms with Crippen LogP contribution in [0.25, 0.3) is 0 Å². The van der Waals surface area contributed by atoms with Gasteiger partial charge in [-0.2, -0.15) is 0 Å². The first kappa shape index (κ1) is 15.4. The lowest BCUT2D eigenvalue weighted by Crippen LogP contribution is -2.30. The largest absolute Gasteiger partial charge is 0.356 e. The predicted molar refractivity (Wildman–Crippen MR) is 85.3 cm³/mol. The van der Waals surface area contributed by atoms with Gasteiger partial charge in [0.2, 0.25) is 0 Å². The maximum atomic E-state index is 13.5. The lowest BCUT2D eigenvalue weighted by molar-refractivity contribution is 0.619. The summed E-state index contributed by atoms with van der Waals surface area (Å²) in [6, 6.07) is 11.0. The lowest BCUT2D eigenvalue weighted by atomic mass is 10.1. The number of halogens is 2. The van der Waals surface area contributed by atoms with E-state index in [4.69, 9.17) is 12.2 Å². The van der Waals surface area contributed by atoms with Crippen molar-refractivity contribution in [3.63, 3.8) is 0 Å². The summed E-state index contributed by atoms with van der Waals surface area (Å²) in [4.78, 5) is 0. The average Bonchev–Trinajstić information content (AvgIpc) is 2.43. The molecule has 0 spiro atoms. The van der Waals surface area contributed by atoms with Crippen LogP contribution in [0.3, 0.4) is 0 Å². The van der Waals surface area contributed by atoms with E-state index < -0.39 is 0 Å². The van der Waals surface area contributed by atoms with E-state index in [1.54, 1.807) is 31.2 Å². The Kier molecular flexibility index (Phi) is 4.85. The normalized spacial score (nSPS) is 11.8. The SMILES string of the molecule is Cc1ccc(NC(=S)N[C@H](C)c2ccc(F)cc2)cc1F. The van der Waals surface area contributed by atoms with Gasteiger partial charge >= 0.3 is 0 Å². The molecule has 2 aromatic carbocycles. The van der Waals surface area contributed by atoms with Crippen LogP contribution in [-0.4, -0.2) is 5.11 Å². The fraction of sp³-hybridized carbons (Fsp3) is 0.188. The third-order valence-corrected chi connectivity index (χ3v) is 3.37. The van der Waals surface area contributed by atoms with Crippen molar-refractivity contribution in [2.75, 3.05) is 5.32 Å². The zero-order valence-corrected chi connectivity index (χ0v) is 12.6. The summed E-state index contributed by atoms with van der Waals surface area (Å²) in [5.74, 6) is -0.559. The van der Waals surface area contributed by atoms with Crippen molar-refractivity contribution < 1.29 is 8.78 Å². The molecule has 0 aliphatic heterocycles. The number of aryl methyl sites for hydroxylation is 1. The van der Waals surface area contributed by atoms with Crippen molar-refractivity contribution in [2.45, 2.75) is 19.9 Å². The molecule has 2 nitrogen and oxygen atoms in total. The van der Waals surface area contributed by atoms with E-state index in [0.29, 0.717) is 16.4 Å². The second kappa shape index (κ2) is 6.63.